The van der Waals surface area contributed by atoms with Crippen LogP contribution in [-0.4, -0.2) is 69.6 Å². The standard InChI is InChI=1S/C20H34N4O3/c1-19(2)9-10-20(27-19)7-5-15(6-8-20)17-16(13-21-22-17)14-23(3)11-12-24(4)18(25)26/h13,15H,5-12,14H2,1-4H3,(H,21,22)(H,25,26). The van der Waals surface area contributed by atoms with E-state index >= 15 is 0 Å². The average Bonchev–Trinajstić information content (AvgIpc) is 3.18. The number of likely N-dealkylation sites (N-methyl/N-ethyl adjacent to an activating group) is 2. The second-order valence-electron chi connectivity index (χ2n) is 9.06. The van der Waals surface area contributed by atoms with E-state index in [1.54, 1.807) is 7.05 Å². The molecule has 2 heterocycles. The van der Waals surface area contributed by atoms with Crippen LogP contribution in [-0.2, 0) is 11.3 Å². The zero-order valence-corrected chi connectivity index (χ0v) is 17.1. The van der Waals surface area contributed by atoms with Crippen molar-refractivity contribution >= 4 is 6.09 Å². The summed E-state index contributed by atoms with van der Waals surface area (Å²) in [6.45, 7) is 6.39. The highest BCUT2D eigenvalue weighted by Gasteiger charge is 2.46. The molecule has 1 aliphatic carbocycles. The Hall–Kier alpha value is -1.60. The van der Waals surface area contributed by atoms with Crippen LogP contribution in [0.5, 0.6) is 0 Å². The van der Waals surface area contributed by atoms with Gasteiger partial charge in [-0.15, -0.1) is 0 Å². The van der Waals surface area contributed by atoms with Gasteiger partial charge in [-0.05, 0) is 59.4 Å². The van der Waals surface area contributed by atoms with E-state index in [0.29, 0.717) is 19.0 Å². The molecule has 0 unspecified atom stereocenters. The Labute approximate surface area is 162 Å². The van der Waals surface area contributed by atoms with Crippen LogP contribution in [0.1, 0.15) is 69.5 Å². The van der Waals surface area contributed by atoms with Crippen LogP contribution in [0.3, 0.4) is 0 Å². The smallest absolute Gasteiger partial charge is 0.407 e. The number of nitrogens with one attached hydrogen (secondary N) is 1. The van der Waals surface area contributed by atoms with Gasteiger partial charge in [0.1, 0.15) is 0 Å². The molecule has 0 radical (unpaired) electrons. The number of aromatic amines is 1. The number of nitrogens with zero attached hydrogens (tertiary/aromatic N) is 3. The van der Waals surface area contributed by atoms with Crippen molar-refractivity contribution in [2.75, 3.05) is 27.2 Å². The predicted molar refractivity (Wildman–Crippen MR) is 104 cm³/mol. The molecular formula is C20H34N4O3. The molecule has 1 amide bonds. The molecule has 1 saturated heterocycles. The minimum Gasteiger partial charge on any atom is -0.465 e. The molecule has 1 saturated carbocycles. The predicted octanol–water partition coefficient (Wildman–Crippen LogP) is 3.44. The first-order valence-corrected chi connectivity index (χ1v) is 10.1. The third-order valence-electron chi connectivity index (χ3n) is 6.30. The molecule has 152 valence electrons. The second kappa shape index (κ2) is 7.80. The molecule has 0 atom stereocenters. The SMILES string of the molecule is CN(CCN(C)C(=O)O)Cc1c[nH]nc1C1CCC2(CC1)CCC(C)(C)O2. The highest BCUT2D eigenvalue weighted by molar-refractivity contribution is 5.64. The molecule has 2 N–H and O–H groups in total. The number of carbonyl (C=O) groups is 1. The Kier molecular flexibility index (Phi) is 5.82. The number of ether oxygens (including phenoxy) is 1. The van der Waals surface area contributed by atoms with Crippen molar-refractivity contribution in [3.63, 3.8) is 0 Å². The Morgan fingerprint density at radius 2 is 1.96 bits per heavy atom. The van der Waals surface area contributed by atoms with Gasteiger partial charge in [-0.1, -0.05) is 0 Å². The van der Waals surface area contributed by atoms with Gasteiger partial charge in [0.2, 0.25) is 0 Å². The minimum absolute atomic E-state index is 0.0240. The number of hydrogen-bond donors (Lipinski definition) is 2. The van der Waals surface area contributed by atoms with Crippen molar-refractivity contribution in [1.82, 2.24) is 20.0 Å². The summed E-state index contributed by atoms with van der Waals surface area (Å²) in [5, 5.41) is 16.6. The van der Waals surface area contributed by atoms with E-state index in [9.17, 15) is 4.79 Å². The van der Waals surface area contributed by atoms with Crippen LogP contribution in [0.2, 0.25) is 0 Å². The zero-order chi connectivity index (χ0) is 19.7. The maximum atomic E-state index is 10.9. The molecular weight excluding hydrogens is 344 g/mol. The molecule has 1 aromatic rings. The van der Waals surface area contributed by atoms with Crippen molar-refractivity contribution in [3.05, 3.63) is 17.5 Å². The molecule has 1 aromatic heterocycles. The van der Waals surface area contributed by atoms with Crippen molar-refractivity contribution in [2.45, 2.75) is 76.0 Å². The fourth-order valence-corrected chi connectivity index (χ4v) is 4.58. The van der Waals surface area contributed by atoms with Gasteiger partial charge in [-0.2, -0.15) is 5.10 Å². The first-order chi connectivity index (χ1) is 12.7. The van der Waals surface area contributed by atoms with Crippen LogP contribution in [0, 0.1) is 0 Å². The van der Waals surface area contributed by atoms with Crippen molar-refractivity contribution < 1.29 is 14.6 Å². The highest BCUT2D eigenvalue weighted by Crippen LogP contribution is 2.49. The molecule has 7 nitrogen and oxygen atoms in total. The Morgan fingerprint density at radius 3 is 2.56 bits per heavy atom. The molecule has 1 spiro atoms. The van der Waals surface area contributed by atoms with Crippen LogP contribution >= 0.6 is 0 Å². The summed E-state index contributed by atoms with van der Waals surface area (Å²) in [7, 11) is 3.63. The summed E-state index contributed by atoms with van der Waals surface area (Å²) in [4.78, 5) is 14.4. The van der Waals surface area contributed by atoms with E-state index in [0.717, 1.165) is 38.6 Å². The maximum Gasteiger partial charge on any atom is 0.407 e. The van der Waals surface area contributed by atoms with Gasteiger partial charge in [0.25, 0.3) is 0 Å². The molecule has 27 heavy (non-hydrogen) atoms. The monoisotopic (exact) mass is 378 g/mol. The quantitative estimate of drug-likeness (QED) is 0.792. The third kappa shape index (κ3) is 4.82. The summed E-state index contributed by atoms with van der Waals surface area (Å²) in [5.74, 6) is 0.485. The molecule has 3 rings (SSSR count). The lowest BCUT2D eigenvalue weighted by Crippen LogP contribution is -2.36. The second-order valence-corrected chi connectivity index (χ2v) is 9.06. The van der Waals surface area contributed by atoms with Crippen LogP contribution in [0.4, 0.5) is 4.79 Å². The lowest BCUT2D eigenvalue weighted by Gasteiger charge is -2.38. The lowest BCUT2D eigenvalue weighted by atomic mass is 9.75. The van der Waals surface area contributed by atoms with Gasteiger partial charge in [-0.25, -0.2) is 4.79 Å². The summed E-state index contributed by atoms with van der Waals surface area (Å²) in [6.07, 6.45) is 7.92. The lowest BCUT2D eigenvalue weighted by molar-refractivity contribution is -0.105. The number of amides is 1. The van der Waals surface area contributed by atoms with Crippen LogP contribution < -0.4 is 0 Å². The molecule has 2 fully saturated rings. The van der Waals surface area contributed by atoms with E-state index in [2.05, 4.69) is 28.9 Å². The zero-order valence-electron chi connectivity index (χ0n) is 17.1. The summed E-state index contributed by atoms with van der Waals surface area (Å²) in [5.41, 5.74) is 2.52. The Balaban J connectivity index is 1.54. The number of rotatable bonds is 6. The highest BCUT2D eigenvalue weighted by atomic mass is 16.5. The van der Waals surface area contributed by atoms with Crippen molar-refractivity contribution in [1.29, 1.82) is 0 Å². The van der Waals surface area contributed by atoms with Gasteiger partial charge in [0.05, 0.1) is 16.9 Å². The average molecular weight is 379 g/mol. The van der Waals surface area contributed by atoms with E-state index in [4.69, 9.17) is 9.84 Å². The van der Waals surface area contributed by atoms with Gasteiger partial charge in [0, 0.05) is 44.4 Å². The van der Waals surface area contributed by atoms with Gasteiger partial charge in [-0.3, -0.25) is 5.10 Å². The normalized spacial score (nSPS) is 27.4. The largest absolute Gasteiger partial charge is 0.465 e. The van der Waals surface area contributed by atoms with E-state index < -0.39 is 6.09 Å². The Bertz CT molecular complexity index is 649. The van der Waals surface area contributed by atoms with Crippen molar-refractivity contribution in [2.24, 2.45) is 0 Å². The molecule has 0 aromatic carbocycles. The van der Waals surface area contributed by atoms with E-state index in [-0.39, 0.29) is 11.2 Å². The molecule has 0 bridgehead atoms. The first kappa shape index (κ1) is 20.1. The Morgan fingerprint density at radius 1 is 1.26 bits per heavy atom. The maximum absolute atomic E-state index is 10.9. The first-order valence-electron chi connectivity index (χ1n) is 10.1. The third-order valence-corrected chi connectivity index (χ3v) is 6.30. The summed E-state index contributed by atoms with van der Waals surface area (Å²) < 4.78 is 6.42. The van der Waals surface area contributed by atoms with Gasteiger partial charge < -0.3 is 19.6 Å². The fourth-order valence-electron chi connectivity index (χ4n) is 4.58. The molecule has 2 aliphatic rings. The number of H-pyrrole nitrogens is 1. The summed E-state index contributed by atoms with van der Waals surface area (Å²) >= 11 is 0. The van der Waals surface area contributed by atoms with Crippen molar-refractivity contribution in [3.8, 4) is 0 Å². The van der Waals surface area contributed by atoms with Gasteiger partial charge >= 0.3 is 6.09 Å². The minimum atomic E-state index is -0.888. The van der Waals surface area contributed by atoms with Crippen LogP contribution in [0.15, 0.2) is 6.20 Å². The number of hydrogen-bond acceptors (Lipinski definition) is 4. The fraction of sp³-hybridized carbons (Fsp3) is 0.800. The number of carboxylic acid groups (broad SMARTS) is 1. The molecule has 1 aliphatic heterocycles. The van der Waals surface area contributed by atoms with E-state index in [1.165, 1.54) is 22.6 Å². The van der Waals surface area contributed by atoms with Crippen LogP contribution in [0.25, 0.3) is 0 Å². The van der Waals surface area contributed by atoms with Gasteiger partial charge in [0.15, 0.2) is 0 Å². The topological polar surface area (TPSA) is 81.7 Å². The number of aromatic nitrogens is 2. The summed E-state index contributed by atoms with van der Waals surface area (Å²) in [6, 6.07) is 0. The molecule has 7 heteroatoms. The van der Waals surface area contributed by atoms with E-state index in [1.807, 2.05) is 13.2 Å².